The number of aliphatic hydroxyl groups excluding tert-OH is 3. The molecule has 0 aliphatic carbocycles. The summed E-state index contributed by atoms with van der Waals surface area (Å²) in [6.45, 7) is -0.729. The second-order valence-corrected chi connectivity index (χ2v) is 1.02. The zero-order valence-electron chi connectivity index (χ0n) is 6.16. The molecule has 4 N–H and O–H groups in total. The van der Waals surface area contributed by atoms with E-state index in [1.54, 1.807) is 0 Å². The van der Waals surface area contributed by atoms with Crippen LogP contribution in [-0.4, -0.2) is 40.1 Å². The van der Waals surface area contributed by atoms with Crippen LogP contribution in [0, 0.1) is 0 Å². The molecule has 0 rings (SSSR count). The zero-order chi connectivity index (χ0) is 4.99. The topological polar surface area (TPSA) is 90.7 Å². The molecule has 54 valence electrons. The van der Waals surface area contributed by atoms with E-state index in [9.17, 15) is 0 Å². The van der Waals surface area contributed by atoms with Crippen LogP contribution in [-0.2, 0) is 0 Å². The second-order valence-electron chi connectivity index (χ2n) is 1.02. The van der Waals surface area contributed by atoms with Crippen LogP contribution in [0.4, 0.5) is 0 Å². The van der Waals surface area contributed by atoms with Crippen molar-refractivity contribution in [2.24, 2.45) is 0 Å². The molecule has 0 fully saturated rings. The van der Waals surface area contributed by atoms with Gasteiger partial charge in [0.1, 0.15) is 6.10 Å². The van der Waals surface area contributed by atoms with Crippen molar-refractivity contribution >= 4 is 0 Å². The summed E-state index contributed by atoms with van der Waals surface area (Å²) >= 11 is 0. The summed E-state index contributed by atoms with van der Waals surface area (Å²) in [5.41, 5.74) is 0. The van der Waals surface area contributed by atoms with E-state index < -0.39 is 6.10 Å². The molecule has 0 aromatic carbocycles. The average molecular weight is 207 g/mol. The first kappa shape index (κ1) is 29.3. The number of rotatable bonds is 2. The zero-order valence-corrected chi connectivity index (χ0v) is 12.0. The Morgan fingerprint density at radius 2 is 1.30 bits per heavy atom. The Morgan fingerprint density at radius 3 is 1.30 bits per heavy atom. The van der Waals surface area contributed by atoms with Crippen LogP contribution >= 0.6 is 0 Å². The van der Waals surface area contributed by atoms with Crippen LogP contribution in [0.3, 0.4) is 0 Å². The Kier molecular flexibility index (Phi) is 66.3. The second kappa shape index (κ2) is 22.6. The molecule has 0 amide bonds. The number of hydrogen-bond acceptors (Lipinski definition) is 4. The predicted octanol–water partition coefficient (Wildman–Crippen LogP) is -10.8. The van der Waals surface area contributed by atoms with E-state index in [0.29, 0.717) is 0 Å². The van der Waals surface area contributed by atoms with Gasteiger partial charge in [0.2, 0.25) is 0 Å². The first-order chi connectivity index (χ1) is 2.81. The van der Waals surface area contributed by atoms with Gasteiger partial charge in [-0.3, -0.25) is 0 Å². The van der Waals surface area contributed by atoms with Crippen LogP contribution in [0.25, 0.3) is 0 Å². The van der Waals surface area contributed by atoms with Crippen LogP contribution in [0.15, 0.2) is 0 Å². The third-order valence-corrected chi connectivity index (χ3v) is 0.421. The molecule has 0 saturated heterocycles. The number of halogens is 1. The van der Waals surface area contributed by atoms with Crippen molar-refractivity contribution in [1.82, 2.24) is 0 Å². The van der Waals surface area contributed by atoms with E-state index in [0.717, 1.165) is 0 Å². The summed E-state index contributed by atoms with van der Waals surface area (Å²) in [5.74, 6) is 0. The van der Waals surface area contributed by atoms with Crippen LogP contribution in [0.1, 0.15) is 0 Å². The van der Waals surface area contributed by atoms with E-state index in [4.69, 9.17) is 15.3 Å². The smallest absolute Gasteiger partial charge is 1.00 e. The van der Waals surface area contributed by atoms with Crippen molar-refractivity contribution in [3.8, 4) is 0 Å². The van der Waals surface area contributed by atoms with Crippen molar-refractivity contribution < 1.29 is 114 Å². The van der Waals surface area contributed by atoms with Gasteiger partial charge in [-0.15, -0.1) is 0 Å². The average Bonchev–Trinajstić information content (AvgIpc) is 1.65. The molecule has 0 aromatic heterocycles. The fourth-order valence-corrected chi connectivity index (χ4v) is 0.0577. The summed E-state index contributed by atoms with van der Waals surface area (Å²) in [6, 6.07) is 0. The Hall–Kier alpha value is 2.77. The van der Waals surface area contributed by atoms with Gasteiger partial charge in [-0.1, -0.05) is 0 Å². The molecule has 0 aliphatic heterocycles. The summed E-state index contributed by atoms with van der Waals surface area (Å²) in [6.07, 6.45) is -0.954. The molecule has 0 spiro atoms. The molecule has 0 heterocycles. The van der Waals surface area contributed by atoms with E-state index in [2.05, 4.69) is 0 Å². The van der Waals surface area contributed by atoms with Crippen molar-refractivity contribution in [3.05, 3.63) is 0 Å². The van der Waals surface area contributed by atoms with Gasteiger partial charge in [-0.25, -0.2) is 0 Å². The molecular formula is C3H9ClKNaO4. The van der Waals surface area contributed by atoms with Crippen LogP contribution < -0.4 is 93.3 Å². The van der Waals surface area contributed by atoms with Gasteiger partial charge < -0.3 is 33.2 Å². The summed E-state index contributed by atoms with van der Waals surface area (Å²) < 4.78 is 0. The molecule has 4 nitrogen and oxygen atoms in total. The molecule has 10 heavy (non-hydrogen) atoms. The SMILES string of the molecule is OCC(O)CO.[Cl-].[K+].[Na+].[OH-]. The van der Waals surface area contributed by atoms with Crippen molar-refractivity contribution in [1.29, 1.82) is 0 Å². The van der Waals surface area contributed by atoms with Gasteiger partial charge in [0, 0.05) is 0 Å². The quantitative estimate of drug-likeness (QED) is 0.392. The fourth-order valence-electron chi connectivity index (χ4n) is 0.0577. The number of hydrogen-bond donors (Lipinski definition) is 3. The van der Waals surface area contributed by atoms with Gasteiger partial charge in [-0.2, -0.15) is 0 Å². The number of aliphatic hydroxyl groups is 3. The van der Waals surface area contributed by atoms with Crippen molar-refractivity contribution in [2.45, 2.75) is 6.10 Å². The molecule has 0 aliphatic rings. The predicted molar refractivity (Wildman–Crippen MR) is 22.1 cm³/mol. The monoisotopic (exact) mass is 206 g/mol. The molecule has 0 saturated carbocycles. The maximum atomic E-state index is 8.17. The Bertz CT molecular complexity index is 39.7. The maximum absolute atomic E-state index is 8.17. The third kappa shape index (κ3) is 22.4. The minimum atomic E-state index is -0.954. The molecular weight excluding hydrogens is 198 g/mol. The summed E-state index contributed by atoms with van der Waals surface area (Å²) in [5, 5.41) is 24.0. The molecule has 7 heteroatoms. The first-order valence-corrected chi connectivity index (χ1v) is 1.71. The van der Waals surface area contributed by atoms with Crippen molar-refractivity contribution in [3.63, 3.8) is 0 Å². The van der Waals surface area contributed by atoms with Gasteiger partial charge in [0.05, 0.1) is 13.2 Å². The fraction of sp³-hybridized carbons (Fsp3) is 1.00. The van der Waals surface area contributed by atoms with Crippen LogP contribution in [0.5, 0.6) is 0 Å². The molecule has 0 bridgehead atoms. The van der Waals surface area contributed by atoms with Gasteiger partial charge in [-0.05, 0) is 0 Å². The molecule has 0 radical (unpaired) electrons. The van der Waals surface area contributed by atoms with E-state index >= 15 is 0 Å². The van der Waals surface area contributed by atoms with E-state index in [1.165, 1.54) is 0 Å². The standard InChI is InChI=1S/C3H8O3.ClH.K.Na.H2O/c4-1-3(6)2-5;;;;/h3-6H,1-2H2;1H;;;1H2/q;;2*+1;/p-2. The largest absolute Gasteiger partial charge is 1.00 e. The molecule has 0 aromatic rings. The first-order valence-electron chi connectivity index (χ1n) is 1.71. The summed E-state index contributed by atoms with van der Waals surface area (Å²) in [4.78, 5) is 0. The van der Waals surface area contributed by atoms with Crippen molar-refractivity contribution in [2.75, 3.05) is 13.2 Å². The van der Waals surface area contributed by atoms with Crippen LogP contribution in [0.2, 0.25) is 0 Å². The van der Waals surface area contributed by atoms with E-state index in [-0.39, 0.29) is 112 Å². The molecule has 0 atom stereocenters. The Labute approximate surface area is 131 Å². The van der Waals surface area contributed by atoms with Gasteiger partial charge in [0.25, 0.3) is 0 Å². The Morgan fingerprint density at radius 1 is 1.10 bits per heavy atom. The molecule has 0 unspecified atom stereocenters. The normalized spacial score (nSPS) is 6.00. The van der Waals surface area contributed by atoms with Gasteiger partial charge in [0.15, 0.2) is 0 Å². The third-order valence-electron chi connectivity index (χ3n) is 0.421. The minimum Gasteiger partial charge on any atom is -1.00 e. The van der Waals surface area contributed by atoms with E-state index in [1.807, 2.05) is 0 Å². The minimum absolute atomic E-state index is 0. The summed E-state index contributed by atoms with van der Waals surface area (Å²) in [7, 11) is 0. The Balaban J connectivity index is -0.0000000208. The van der Waals surface area contributed by atoms with Gasteiger partial charge >= 0.3 is 80.9 Å². The maximum Gasteiger partial charge on any atom is 1.00 e.